The molecule has 1 atom stereocenters. The van der Waals surface area contributed by atoms with E-state index in [1.165, 1.54) is 6.07 Å². The molecule has 7 rings (SSSR count). The van der Waals surface area contributed by atoms with Crippen molar-refractivity contribution >= 4 is 39.6 Å². The van der Waals surface area contributed by atoms with E-state index < -0.39 is 5.97 Å². The van der Waals surface area contributed by atoms with Gasteiger partial charge >= 0.3 is 5.97 Å². The number of carboxylic acid groups (broad SMARTS) is 1. The number of fused-ring (bicyclic) bond motifs is 4. The third-order valence-electron chi connectivity index (χ3n) is 8.19. The summed E-state index contributed by atoms with van der Waals surface area (Å²) < 4.78 is 24.9. The van der Waals surface area contributed by atoms with Gasteiger partial charge < -0.3 is 19.0 Å². The van der Waals surface area contributed by atoms with E-state index in [0.717, 1.165) is 71.8 Å². The van der Waals surface area contributed by atoms with Crippen LogP contribution in [0.1, 0.15) is 46.0 Å². The van der Waals surface area contributed by atoms with E-state index in [-0.39, 0.29) is 17.5 Å². The number of ether oxygens (including phenoxy) is 1. The summed E-state index contributed by atoms with van der Waals surface area (Å²) in [6.45, 7) is 4.24. The molecule has 41 heavy (non-hydrogen) atoms. The van der Waals surface area contributed by atoms with Crippen molar-refractivity contribution in [2.45, 2.75) is 51.5 Å². The van der Waals surface area contributed by atoms with Crippen LogP contribution in [-0.4, -0.2) is 54.3 Å². The lowest BCUT2D eigenvalue weighted by Crippen LogP contribution is -2.34. The van der Waals surface area contributed by atoms with Crippen molar-refractivity contribution < 1.29 is 19.0 Å². The number of aromatic nitrogens is 4. The number of benzene rings is 3. The highest BCUT2D eigenvalue weighted by Gasteiger charge is 2.25. The summed E-state index contributed by atoms with van der Waals surface area (Å²) in [5, 5.41) is 9.95. The Morgan fingerprint density at radius 2 is 1.98 bits per heavy atom. The molecule has 0 bridgehead atoms. The SMILES string of the molecule is O=C(O)c1ccc2nc(CN3CCn4c(nc5c(Cc6ccc(Cl)cc6F)cccc54)C3)n(C[C@@H]3CCCO3)c2c1. The number of rotatable bonds is 7. The molecule has 4 heterocycles. The summed E-state index contributed by atoms with van der Waals surface area (Å²) in [5.74, 6) is 0.587. The molecule has 2 aromatic heterocycles. The van der Waals surface area contributed by atoms with Crippen molar-refractivity contribution in [2.24, 2.45) is 0 Å². The predicted molar refractivity (Wildman–Crippen MR) is 154 cm³/mol. The second kappa shape index (κ2) is 10.6. The van der Waals surface area contributed by atoms with Crippen molar-refractivity contribution in [1.82, 2.24) is 24.0 Å². The Morgan fingerprint density at radius 1 is 1.07 bits per heavy atom. The molecule has 0 spiro atoms. The summed E-state index contributed by atoms with van der Waals surface area (Å²) in [6, 6.07) is 16.0. The van der Waals surface area contributed by atoms with Crippen LogP contribution in [0.3, 0.4) is 0 Å². The van der Waals surface area contributed by atoms with Crippen molar-refractivity contribution in [2.75, 3.05) is 13.2 Å². The number of hydrogen-bond acceptors (Lipinski definition) is 5. The zero-order valence-corrected chi connectivity index (χ0v) is 23.1. The fourth-order valence-electron chi connectivity index (χ4n) is 6.11. The monoisotopic (exact) mass is 573 g/mol. The summed E-state index contributed by atoms with van der Waals surface area (Å²) in [5.41, 5.74) is 5.36. The van der Waals surface area contributed by atoms with E-state index in [2.05, 4.69) is 20.1 Å². The van der Waals surface area contributed by atoms with Gasteiger partial charge in [0.15, 0.2) is 0 Å². The highest BCUT2D eigenvalue weighted by molar-refractivity contribution is 6.30. The van der Waals surface area contributed by atoms with Crippen molar-refractivity contribution in [3.05, 3.63) is 93.8 Å². The van der Waals surface area contributed by atoms with Crippen LogP contribution in [0.2, 0.25) is 5.02 Å². The molecule has 0 radical (unpaired) electrons. The van der Waals surface area contributed by atoms with Gasteiger partial charge in [-0.3, -0.25) is 4.90 Å². The number of nitrogens with zero attached hydrogens (tertiary/aromatic N) is 5. The van der Waals surface area contributed by atoms with Crippen LogP contribution >= 0.6 is 11.6 Å². The highest BCUT2D eigenvalue weighted by Crippen LogP contribution is 2.28. The number of carbonyl (C=O) groups is 1. The Bertz CT molecular complexity index is 1790. The highest BCUT2D eigenvalue weighted by atomic mass is 35.5. The largest absolute Gasteiger partial charge is 0.478 e. The lowest BCUT2D eigenvalue weighted by atomic mass is 10.0. The summed E-state index contributed by atoms with van der Waals surface area (Å²) >= 11 is 5.95. The average molecular weight is 574 g/mol. The minimum Gasteiger partial charge on any atom is -0.478 e. The minimum atomic E-state index is -0.952. The topological polar surface area (TPSA) is 85.4 Å². The van der Waals surface area contributed by atoms with Gasteiger partial charge in [-0.15, -0.1) is 0 Å². The van der Waals surface area contributed by atoms with Crippen molar-refractivity contribution in [1.29, 1.82) is 0 Å². The Labute approximate surface area is 240 Å². The number of halogens is 2. The lowest BCUT2D eigenvalue weighted by molar-refractivity contribution is 0.0697. The summed E-state index contributed by atoms with van der Waals surface area (Å²) in [7, 11) is 0. The molecule has 210 valence electrons. The quantitative estimate of drug-likeness (QED) is 0.270. The number of hydrogen-bond donors (Lipinski definition) is 1. The Kier molecular flexibility index (Phi) is 6.73. The zero-order chi connectivity index (χ0) is 28.1. The van der Waals surface area contributed by atoms with Crippen LogP contribution in [0, 0.1) is 5.82 Å². The first kappa shape index (κ1) is 26.1. The maximum atomic E-state index is 14.6. The van der Waals surface area contributed by atoms with Gasteiger partial charge in [-0.2, -0.15) is 0 Å². The normalized spacial score (nSPS) is 17.5. The van der Waals surface area contributed by atoms with Crippen LogP contribution in [0.15, 0.2) is 54.6 Å². The third kappa shape index (κ3) is 4.98. The number of aromatic carboxylic acids is 1. The molecular formula is C31H29ClFN5O3. The fraction of sp³-hybridized carbons (Fsp3) is 0.323. The molecular weight excluding hydrogens is 545 g/mol. The fourth-order valence-corrected chi connectivity index (χ4v) is 6.27. The number of imidazole rings is 2. The summed E-state index contributed by atoms with van der Waals surface area (Å²) in [4.78, 5) is 24.0. The van der Waals surface area contributed by atoms with Crippen molar-refractivity contribution in [3.63, 3.8) is 0 Å². The first-order chi connectivity index (χ1) is 19.9. The molecule has 10 heteroatoms. The van der Waals surface area contributed by atoms with Gasteiger partial charge in [0.25, 0.3) is 0 Å². The van der Waals surface area contributed by atoms with E-state index in [0.29, 0.717) is 36.6 Å². The number of para-hydroxylation sites is 1. The second-order valence-corrected chi connectivity index (χ2v) is 11.3. The maximum absolute atomic E-state index is 14.6. The third-order valence-corrected chi connectivity index (χ3v) is 8.43. The molecule has 5 aromatic rings. The van der Waals surface area contributed by atoms with Gasteiger partial charge in [-0.25, -0.2) is 19.2 Å². The van der Waals surface area contributed by atoms with Gasteiger partial charge in [-0.1, -0.05) is 29.8 Å². The van der Waals surface area contributed by atoms with Crippen LogP contribution in [0.25, 0.3) is 22.1 Å². The zero-order valence-electron chi connectivity index (χ0n) is 22.4. The molecule has 1 fully saturated rings. The first-order valence-corrected chi connectivity index (χ1v) is 14.3. The van der Waals surface area contributed by atoms with E-state index in [9.17, 15) is 14.3 Å². The average Bonchev–Trinajstić information content (AvgIpc) is 3.68. The van der Waals surface area contributed by atoms with Crippen LogP contribution in [-0.2, 0) is 37.3 Å². The van der Waals surface area contributed by atoms with Crippen LogP contribution in [0.5, 0.6) is 0 Å². The van der Waals surface area contributed by atoms with Gasteiger partial charge in [0.05, 0.1) is 53.4 Å². The van der Waals surface area contributed by atoms with Crippen LogP contribution in [0.4, 0.5) is 4.39 Å². The summed E-state index contributed by atoms with van der Waals surface area (Å²) in [6.07, 6.45) is 2.54. The molecule has 0 aliphatic carbocycles. The molecule has 1 saturated heterocycles. The van der Waals surface area contributed by atoms with Gasteiger partial charge in [0.1, 0.15) is 17.5 Å². The van der Waals surface area contributed by atoms with E-state index in [4.69, 9.17) is 26.3 Å². The first-order valence-electron chi connectivity index (χ1n) is 13.9. The maximum Gasteiger partial charge on any atom is 0.335 e. The molecule has 1 N–H and O–H groups in total. The van der Waals surface area contributed by atoms with Crippen LogP contribution < -0.4 is 0 Å². The lowest BCUT2D eigenvalue weighted by Gasteiger charge is -2.28. The number of carboxylic acids is 1. The van der Waals surface area contributed by atoms with Gasteiger partial charge in [0, 0.05) is 31.1 Å². The second-order valence-electron chi connectivity index (χ2n) is 10.9. The molecule has 0 saturated carbocycles. The molecule has 2 aliphatic rings. The molecule has 0 amide bonds. The van der Waals surface area contributed by atoms with Gasteiger partial charge in [-0.05, 0) is 60.4 Å². The Balaban J connectivity index is 1.18. The molecule has 8 nitrogen and oxygen atoms in total. The van der Waals surface area contributed by atoms with E-state index >= 15 is 0 Å². The Hall–Kier alpha value is -3.79. The van der Waals surface area contributed by atoms with E-state index in [1.54, 1.807) is 30.3 Å². The molecule has 2 aliphatic heterocycles. The molecule has 0 unspecified atom stereocenters. The van der Waals surface area contributed by atoms with Crippen molar-refractivity contribution in [3.8, 4) is 0 Å². The van der Waals surface area contributed by atoms with E-state index in [1.807, 2.05) is 12.1 Å². The Morgan fingerprint density at radius 3 is 2.78 bits per heavy atom. The van der Waals surface area contributed by atoms with Gasteiger partial charge in [0.2, 0.25) is 0 Å². The smallest absolute Gasteiger partial charge is 0.335 e. The standard InChI is InChI=1S/C31H29ClFN5O3/c32-22-8-6-19(24(33)15-22)13-20-3-1-5-26-30(20)35-29-18-36(10-11-37(26)29)17-28-34-25-9-7-21(31(39)40)14-27(25)38(28)16-23-4-2-12-41-23/h1,3,5-9,14-15,23H,2,4,10-13,16-18H2,(H,39,40)/t23-/m0/s1. The molecule has 3 aromatic carbocycles. The predicted octanol–water partition coefficient (Wildman–Crippen LogP) is 5.66. The minimum absolute atomic E-state index is 0.0917.